The second-order valence-corrected chi connectivity index (χ2v) is 7.12. The van der Waals surface area contributed by atoms with Crippen molar-refractivity contribution >= 4 is 5.69 Å². The molecule has 1 saturated carbocycles. The number of rotatable bonds is 3. The lowest BCUT2D eigenvalue weighted by Gasteiger charge is -2.40. The largest absolute Gasteiger partial charge is 0.380 e. The van der Waals surface area contributed by atoms with Gasteiger partial charge in [-0.2, -0.15) is 0 Å². The highest BCUT2D eigenvalue weighted by molar-refractivity contribution is 5.61. The van der Waals surface area contributed by atoms with Gasteiger partial charge in [0.25, 0.3) is 0 Å². The molecule has 1 fully saturated rings. The molecule has 1 heterocycles. The van der Waals surface area contributed by atoms with Crippen LogP contribution in [0, 0.1) is 11.3 Å². The minimum atomic E-state index is 0.488. The minimum Gasteiger partial charge on any atom is -0.380 e. The summed E-state index contributed by atoms with van der Waals surface area (Å²) in [5.74, 6) is 0.699. The van der Waals surface area contributed by atoms with Crippen LogP contribution < -0.4 is 5.32 Å². The molecule has 1 aliphatic carbocycles. The van der Waals surface area contributed by atoms with Crippen molar-refractivity contribution in [3.05, 3.63) is 43.0 Å². The van der Waals surface area contributed by atoms with Gasteiger partial charge in [-0.3, -0.25) is 0 Å². The van der Waals surface area contributed by atoms with Gasteiger partial charge in [-0.1, -0.05) is 32.9 Å². The van der Waals surface area contributed by atoms with E-state index in [4.69, 9.17) is 0 Å². The molecule has 1 aromatic heterocycles. The van der Waals surface area contributed by atoms with Crippen LogP contribution in [0.1, 0.15) is 40.0 Å². The van der Waals surface area contributed by atoms with E-state index in [1.165, 1.54) is 30.6 Å². The minimum absolute atomic E-state index is 0.488. The molecule has 2 unspecified atom stereocenters. The van der Waals surface area contributed by atoms with Crippen LogP contribution in [-0.2, 0) is 0 Å². The zero-order valence-corrected chi connectivity index (χ0v) is 13.2. The van der Waals surface area contributed by atoms with Crippen LogP contribution >= 0.6 is 0 Å². The molecule has 0 bridgehead atoms. The van der Waals surface area contributed by atoms with Crippen molar-refractivity contribution < 1.29 is 0 Å². The molecule has 0 spiro atoms. The van der Waals surface area contributed by atoms with Gasteiger partial charge in [0.2, 0.25) is 0 Å². The third kappa shape index (κ3) is 3.12. The molecule has 3 rings (SSSR count). The van der Waals surface area contributed by atoms with Crippen LogP contribution in [0.3, 0.4) is 0 Å². The number of aromatic nitrogens is 2. The second-order valence-electron chi connectivity index (χ2n) is 7.12. The first-order valence-electron chi connectivity index (χ1n) is 7.89. The predicted octanol–water partition coefficient (Wildman–Crippen LogP) is 4.50. The van der Waals surface area contributed by atoms with E-state index in [1.807, 2.05) is 18.7 Å². The molecular weight excluding hydrogens is 258 g/mol. The van der Waals surface area contributed by atoms with E-state index in [2.05, 4.69) is 59.9 Å². The molecule has 0 amide bonds. The van der Waals surface area contributed by atoms with E-state index >= 15 is 0 Å². The van der Waals surface area contributed by atoms with Crippen LogP contribution in [0.4, 0.5) is 5.69 Å². The van der Waals surface area contributed by atoms with Crippen LogP contribution in [0.15, 0.2) is 43.0 Å². The maximum atomic E-state index is 4.16. The Morgan fingerprint density at radius 3 is 2.81 bits per heavy atom. The number of benzene rings is 1. The van der Waals surface area contributed by atoms with E-state index in [0.29, 0.717) is 17.4 Å². The van der Waals surface area contributed by atoms with Crippen LogP contribution in [-0.4, -0.2) is 15.6 Å². The topological polar surface area (TPSA) is 29.9 Å². The second kappa shape index (κ2) is 5.55. The van der Waals surface area contributed by atoms with Gasteiger partial charge in [-0.25, -0.2) is 4.98 Å². The fourth-order valence-corrected chi connectivity index (χ4v) is 3.58. The van der Waals surface area contributed by atoms with Crippen molar-refractivity contribution in [1.29, 1.82) is 0 Å². The lowest BCUT2D eigenvalue weighted by molar-refractivity contribution is 0.177. The van der Waals surface area contributed by atoms with Gasteiger partial charge in [0.15, 0.2) is 0 Å². The molecule has 0 radical (unpaired) electrons. The summed E-state index contributed by atoms with van der Waals surface area (Å²) in [5, 5.41) is 3.78. The van der Waals surface area contributed by atoms with Crippen molar-refractivity contribution in [2.45, 2.75) is 46.1 Å². The zero-order valence-electron chi connectivity index (χ0n) is 13.2. The van der Waals surface area contributed by atoms with Crippen molar-refractivity contribution in [1.82, 2.24) is 9.55 Å². The first-order valence-corrected chi connectivity index (χ1v) is 7.89. The smallest absolute Gasteiger partial charge is 0.0992 e. The average Bonchev–Trinajstić information content (AvgIpc) is 2.96. The summed E-state index contributed by atoms with van der Waals surface area (Å²) >= 11 is 0. The number of nitrogens with one attached hydrogen (secondary N) is 1. The van der Waals surface area contributed by atoms with Gasteiger partial charge in [-0.05, 0) is 42.7 Å². The molecule has 112 valence electrons. The maximum Gasteiger partial charge on any atom is 0.0992 e. The van der Waals surface area contributed by atoms with Crippen LogP contribution in [0.5, 0.6) is 0 Å². The van der Waals surface area contributed by atoms with E-state index in [-0.39, 0.29) is 0 Å². The number of nitrogens with zero attached hydrogens (tertiary/aromatic N) is 2. The van der Waals surface area contributed by atoms with E-state index in [1.54, 1.807) is 0 Å². The summed E-state index contributed by atoms with van der Waals surface area (Å²) in [6, 6.07) is 9.04. The Kier molecular flexibility index (Phi) is 3.75. The summed E-state index contributed by atoms with van der Waals surface area (Å²) in [6.07, 6.45) is 9.50. The third-order valence-electron chi connectivity index (χ3n) is 4.72. The number of hydrogen-bond donors (Lipinski definition) is 1. The maximum absolute atomic E-state index is 4.16. The van der Waals surface area contributed by atoms with Crippen molar-refractivity contribution in [3.8, 4) is 5.69 Å². The molecule has 3 nitrogen and oxygen atoms in total. The fourth-order valence-electron chi connectivity index (χ4n) is 3.58. The summed E-state index contributed by atoms with van der Waals surface area (Å²) in [4.78, 5) is 4.16. The zero-order chi connectivity index (χ0) is 14.9. The Balaban J connectivity index is 1.80. The molecule has 0 saturated heterocycles. The summed E-state index contributed by atoms with van der Waals surface area (Å²) < 4.78 is 2.07. The molecule has 3 heteroatoms. The van der Waals surface area contributed by atoms with Crippen molar-refractivity contribution in [3.63, 3.8) is 0 Å². The third-order valence-corrected chi connectivity index (χ3v) is 4.72. The van der Waals surface area contributed by atoms with Gasteiger partial charge in [0.1, 0.15) is 0 Å². The number of hydrogen-bond acceptors (Lipinski definition) is 2. The molecule has 1 N–H and O–H groups in total. The lowest BCUT2D eigenvalue weighted by atomic mass is 9.70. The van der Waals surface area contributed by atoms with Gasteiger partial charge in [0, 0.05) is 18.4 Å². The quantitative estimate of drug-likeness (QED) is 0.899. The fraction of sp³-hybridized carbons (Fsp3) is 0.500. The van der Waals surface area contributed by atoms with Crippen LogP contribution in [0.2, 0.25) is 0 Å². The molecule has 2 aromatic rings. The number of imidazole rings is 1. The molecule has 0 aliphatic heterocycles. The average molecular weight is 283 g/mol. The highest BCUT2D eigenvalue weighted by Gasteiger charge is 2.32. The monoisotopic (exact) mass is 283 g/mol. The molecular formula is C18H25N3. The van der Waals surface area contributed by atoms with Crippen molar-refractivity contribution in [2.75, 3.05) is 5.32 Å². The van der Waals surface area contributed by atoms with Crippen LogP contribution in [0.25, 0.3) is 5.69 Å². The van der Waals surface area contributed by atoms with E-state index in [0.717, 1.165) is 0 Å². The van der Waals surface area contributed by atoms with Crippen molar-refractivity contribution in [2.24, 2.45) is 11.3 Å². The van der Waals surface area contributed by atoms with Gasteiger partial charge >= 0.3 is 0 Å². The Hall–Kier alpha value is -1.77. The Morgan fingerprint density at radius 2 is 2.10 bits per heavy atom. The number of anilines is 1. The first-order chi connectivity index (χ1) is 10.1. The highest BCUT2D eigenvalue weighted by atomic mass is 15.1. The lowest BCUT2D eigenvalue weighted by Crippen LogP contribution is -2.37. The van der Waals surface area contributed by atoms with E-state index < -0.39 is 0 Å². The first kappa shape index (κ1) is 14.2. The highest BCUT2D eigenvalue weighted by Crippen LogP contribution is 2.39. The molecule has 1 aliphatic rings. The standard InChI is InChI=1S/C18H25N3/c1-14-12-18(2,3)9-8-15(14)20-16-6-4-5-7-17(16)21-11-10-19-13-21/h4-7,10-11,13-15,20H,8-9,12H2,1-3H3. The SMILES string of the molecule is CC1CC(C)(C)CCC1Nc1ccccc1-n1ccnc1. The summed E-state index contributed by atoms with van der Waals surface area (Å²) in [5.41, 5.74) is 2.86. The van der Waals surface area contributed by atoms with Gasteiger partial charge in [0.05, 0.1) is 17.7 Å². The summed E-state index contributed by atoms with van der Waals surface area (Å²) in [6.45, 7) is 7.15. The molecule has 1 aromatic carbocycles. The molecule has 21 heavy (non-hydrogen) atoms. The Morgan fingerprint density at radius 1 is 1.29 bits per heavy atom. The normalized spacial score (nSPS) is 24.7. The van der Waals surface area contributed by atoms with Gasteiger partial charge in [-0.15, -0.1) is 0 Å². The molecule has 2 atom stereocenters. The summed E-state index contributed by atoms with van der Waals surface area (Å²) in [7, 11) is 0. The van der Waals surface area contributed by atoms with Gasteiger partial charge < -0.3 is 9.88 Å². The number of para-hydroxylation sites is 2. The van der Waals surface area contributed by atoms with E-state index in [9.17, 15) is 0 Å². The Labute approximate surface area is 127 Å². The predicted molar refractivity (Wildman–Crippen MR) is 87.8 cm³/mol. The Bertz CT molecular complexity index is 586.